The average Bonchev–Trinajstić information content (AvgIpc) is 2.60. The summed E-state index contributed by atoms with van der Waals surface area (Å²) in [5.74, 6) is -0.393. The summed E-state index contributed by atoms with van der Waals surface area (Å²) >= 11 is 0. The number of hydrogen-bond acceptors (Lipinski definition) is 4. The van der Waals surface area contributed by atoms with E-state index in [0.717, 1.165) is 0 Å². The molecule has 1 saturated heterocycles. The Hall–Kier alpha value is -1.81. The fourth-order valence-electron chi connectivity index (χ4n) is 3.11. The third-order valence-electron chi connectivity index (χ3n) is 4.84. The summed E-state index contributed by atoms with van der Waals surface area (Å²) in [6.45, 7) is 5.00. The van der Waals surface area contributed by atoms with Crippen molar-refractivity contribution in [1.29, 1.82) is 0 Å². The number of halogens is 6. The van der Waals surface area contributed by atoms with Gasteiger partial charge in [-0.25, -0.2) is 0 Å². The highest BCUT2D eigenvalue weighted by Gasteiger charge is 2.38. The molecule has 2 rings (SSSR count). The van der Waals surface area contributed by atoms with Crippen LogP contribution in [0.5, 0.6) is 0 Å². The number of piperidine rings is 1. The van der Waals surface area contributed by atoms with Gasteiger partial charge in [0.05, 0.1) is 23.8 Å². The van der Waals surface area contributed by atoms with Crippen LogP contribution in [-0.4, -0.2) is 30.8 Å². The van der Waals surface area contributed by atoms with E-state index >= 15 is 0 Å². The molecule has 4 nitrogen and oxygen atoms in total. The molecule has 0 aliphatic carbocycles. The van der Waals surface area contributed by atoms with Crippen LogP contribution in [0.3, 0.4) is 0 Å². The highest BCUT2D eigenvalue weighted by Crippen LogP contribution is 2.38. The van der Waals surface area contributed by atoms with Gasteiger partial charge in [-0.05, 0) is 50.5 Å². The van der Waals surface area contributed by atoms with Crippen molar-refractivity contribution >= 4 is 5.97 Å². The number of ether oxygens (including phenoxy) is 2. The fraction of sp³-hybridized carbons (Fsp3) is 0.632. The van der Waals surface area contributed by atoms with E-state index in [1.807, 2.05) is 6.92 Å². The molecule has 1 heterocycles. The Bertz CT molecular complexity index is 691. The van der Waals surface area contributed by atoms with Gasteiger partial charge in [-0.2, -0.15) is 26.3 Å². The normalized spacial score (nSPS) is 24.2. The summed E-state index contributed by atoms with van der Waals surface area (Å²) in [6.07, 6.45) is -9.94. The number of rotatable bonds is 5. The summed E-state index contributed by atoms with van der Waals surface area (Å²) in [5.41, 5.74) is -3.49. The minimum Gasteiger partial charge on any atom is -0.461 e. The Balaban J connectivity index is 2.09. The second kappa shape index (κ2) is 8.51. The van der Waals surface area contributed by atoms with Crippen molar-refractivity contribution in [3.05, 3.63) is 34.9 Å². The van der Waals surface area contributed by atoms with Crippen LogP contribution in [0.4, 0.5) is 26.3 Å². The lowest BCUT2D eigenvalue weighted by Gasteiger charge is -2.38. The molecule has 29 heavy (non-hydrogen) atoms. The van der Waals surface area contributed by atoms with E-state index < -0.39 is 41.1 Å². The van der Waals surface area contributed by atoms with Crippen LogP contribution < -0.4 is 5.32 Å². The Morgan fingerprint density at radius 3 is 2.14 bits per heavy atom. The van der Waals surface area contributed by atoms with Crippen LogP contribution >= 0.6 is 0 Å². The van der Waals surface area contributed by atoms with Gasteiger partial charge in [-0.15, -0.1) is 0 Å². The lowest BCUT2D eigenvalue weighted by molar-refractivity contribution is -0.148. The minimum absolute atomic E-state index is 0.0680. The van der Waals surface area contributed by atoms with E-state index in [1.54, 1.807) is 0 Å². The van der Waals surface area contributed by atoms with Crippen molar-refractivity contribution < 1.29 is 40.6 Å². The Labute approximate surface area is 164 Å². The first-order valence-electron chi connectivity index (χ1n) is 9.03. The van der Waals surface area contributed by atoms with E-state index in [4.69, 9.17) is 9.47 Å². The Morgan fingerprint density at radius 2 is 1.72 bits per heavy atom. The van der Waals surface area contributed by atoms with Gasteiger partial charge >= 0.3 is 18.3 Å². The van der Waals surface area contributed by atoms with Gasteiger partial charge in [-0.1, -0.05) is 0 Å². The molecule has 1 fully saturated rings. The lowest BCUT2D eigenvalue weighted by Crippen LogP contribution is -2.54. The number of carbonyl (C=O) groups excluding carboxylic acids is 1. The zero-order chi connectivity index (χ0) is 22.0. The van der Waals surface area contributed by atoms with E-state index in [-0.39, 0.29) is 24.3 Å². The summed E-state index contributed by atoms with van der Waals surface area (Å²) < 4.78 is 88.8. The molecule has 1 aromatic rings. The molecule has 1 aromatic carbocycles. The molecule has 0 radical (unpaired) electrons. The number of hydrogen-bond donors (Lipinski definition) is 1. The molecule has 0 bridgehead atoms. The standard InChI is InChI=1S/C19H23F6NO3/c1-11(28-10-17(3)5-4-16(9-26-17)29-12(2)27)13-6-14(18(20,21)22)8-15(7-13)19(23,24)25/h6-8,11,16,26H,4-5,9-10H2,1-3H3/t11-,16?,17-/m1/s1. The van der Waals surface area contributed by atoms with E-state index in [0.29, 0.717) is 31.5 Å². The van der Waals surface area contributed by atoms with Gasteiger partial charge in [0, 0.05) is 19.0 Å². The van der Waals surface area contributed by atoms with Crippen molar-refractivity contribution in [2.24, 2.45) is 0 Å². The van der Waals surface area contributed by atoms with Gasteiger partial charge in [0.1, 0.15) is 6.10 Å². The van der Waals surface area contributed by atoms with Crippen molar-refractivity contribution in [2.75, 3.05) is 13.2 Å². The molecular formula is C19H23F6NO3. The second-order valence-electron chi connectivity index (χ2n) is 7.50. The molecule has 0 aromatic heterocycles. The lowest BCUT2D eigenvalue weighted by atomic mass is 9.90. The van der Waals surface area contributed by atoms with E-state index in [2.05, 4.69) is 5.32 Å². The summed E-state index contributed by atoms with van der Waals surface area (Å²) in [5, 5.41) is 3.17. The molecule has 1 N–H and O–H groups in total. The number of esters is 1. The quantitative estimate of drug-likeness (QED) is 0.538. The summed E-state index contributed by atoms with van der Waals surface area (Å²) in [6, 6.07) is 1.44. The predicted octanol–water partition coefficient (Wildman–Crippen LogP) is 4.88. The fourth-order valence-corrected chi connectivity index (χ4v) is 3.11. The van der Waals surface area contributed by atoms with Crippen molar-refractivity contribution in [2.45, 2.75) is 63.7 Å². The SMILES string of the molecule is CC(=O)OC1CC[C@](C)(CO[C@H](C)c2cc(C(F)(F)F)cc(C(F)(F)F)c2)NC1. The third kappa shape index (κ3) is 6.60. The first kappa shape index (κ1) is 23.5. The van der Waals surface area contributed by atoms with E-state index in [1.165, 1.54) is 13.8 Å². The average molecular weight is 427 g/mol. The highest BCUT2D eigenvalue weighted by molar-refractivity contribution is 5.66. The van der Waals surface area contributed by atoms with Gasteiger partial charge in [0.25, 0.3) is 0 Å². The highest BCUT2D eigenvalue weighted by atomic mass is 19.4. The number of carbonyl (C=O) groups is 1. The Morgan fingerprint density at radius 1 is 1.17 bits per heavy atom. The summed E-state index contributed by atoms with van der Waals surface area (Å²) in [7, 11) is 0. The maximum Gasteiger partial charge on any atom is 0.416 e. The largest absolute Gasteiger partial charge is 0.461 e. The molecule has 1 aliphatic rings. The van der Waals surface area contributed by atoms with Gasteiger partial charge in [-0.3, -0.25) is 4.79 Å². The molecule has 0 amide bonds. The number of benzene rings is 1. The van der Waals surface area contributed by atoms with Crippen LogP contribution in [-0.2, 0) is 26.6 Å². The second-order valence-corrected chi connectivity index (χ2v) is 7.50. The number of nitrogens with one attached hydrogen (secondary N) is 1. The molecule has 1 aliphatic heterocycles. The van der Waals surface area contributed by atoms with Crippen LogP contribution in [0.2, 0.25) is 0 Å². The maximum atomic E-state index is 13.0. The van der Waals surface area contributed by atoms with Crippen LogP contribution in [0.25, 0.3) is 0 Å². The van der Waals surface area contributed by atoms with Crippen molar-refractivity contribution in [3.8, 4) is 0 Å². The molecule has 0 spiro atoms. The molecule has 3 atom stereocenters. The predicted molar refractivity (Wildman–Crippen MR) is 92.0 cm³/mol. The monoisotopic (exact) mass is 427 g/mol. The Kier molecular flexibility index (Phi) is 6.89. The topological polar surface area (TPSA) is 47.6 Å². The molecular weight excluding hydrogens is 404 g/mol. The van der Waals surface area contributed by atoms with Gasteiger partial charge < -0.3 is 14.8 Å². The van der Waals surface area contributed by atoms with E-state index in [9.17, 15) is 31.1 Å². The van der Waals surface area contributed by atoms with Crippen molar-refractivity contribution in [1.82, 2.24) is 5.32 Å². The third-order valence-corrected chi connectivity index (χ3v) is 4.84. The van der Waals surface area contributed by atoms with Crippen LogP contribution in [0.1, 0.15) is 56.4 Å². The first-order valence-corrected chi connectivity index (χ1v) is 9.03. The zero-order valence-electron chi connectivity index (χ0n) is 16.2. The van der Waals surface area contributed by atoms with Gasteiger partial charge in [0.2, 0.25) is 0 Å². The minimum atomic E-state index is -4.90. The van der Waals surface area contributed by atoms with Crippen molar-refractivity contribution in [3.63, 3.8) is 0 Å². The maximum absolute atomic E-state index is 13.0. The molecule has 10 heteroatoms. The molecule has 1 unspecified atom stereocenters. The molecule has 164 valence electrons. The summed E-state index contributed by atoms with van der Waals surface area (Å²) in [4.78, 5) is 11.0. The number of alkyl halides is 6. The van der Waals surface area contributed by atoms with Crippen LogP contribution in [0, 0.1) is 0 Å². The smallest absolute Gasteiger partial charge is 0.416 e. The first-order chi connectivity index (χ1) is 13.2. The van der Waals surface area contributed by atoms with Crippen LogP contribution in [0.15, 0.2) is 18.2 Å². The molecule has 0 saturated carbocycles. The van der Waals surface area contributed by atoms with Gasteiger partial charge in [0.15, 0.2) is 0 Å². The zero-order valence-corrected chi connectivity index (χ0v) is 16.2.